The van der Waals surface area contributed by atoms with Crippen LogP contribution >= 0.6 is 0 Å². The van der Waals surface area contributed by atoms with Gasteiger partial charge in [-0.25, -0.2) is 26.3 Å². The molecule has 0 bridgehead atoms. The molecule has 2 aromatic carbocycles. The van der Waals surface area contributed by atoms with Crippen LogP contribution in [-0.2, 0) is 10.0 Å². The summed E-state index contributed by atoms with van der Waals surface area (Å²) in [6.45, 7) is 0. The Balaban J connectivity index is 2.02. The number of hydrogen-bond donors (Lipinski definition) is 1. The van der Waals surface area contributed by atoms with Crippen molar-refractivity contribution in [2.24, 2.45) is 0 Å². The second kappa shape index (κ2) is 6.88. The molecule has 0 saturated carbocycles. The molecule has 1 amide bonds. The maximum absolute atomic E-state index is 14.3. The standard InChI is InChI=1S/C17H11F3N2O4S/c1-27(24,25)22-17(23)10-7-13(20)14(8-12(10)19)26-16-11(18)5-4-9-3-2-6-21-15(9)16/h2-8H,1H3,(H,22,23). The molecule has 0 aliphatic heterocycles. The Morgan fingerprint density at radius 2 is 1.81 bits per heavy atom. The number of carbonyl (C=O) groups excluding carboxylic acids is 1. The van der Waals surface area contributed by atoms with Crippen LogP contribution in [0.5, 0.6) is 11.5 Å². The summed E-state index contributed by atoms with van der Waals surface area (Å²) < 4.78 is 71.4. The maximum Gasteiger partial charge on any atom is 0.267 e. The van der Waals surface area contributed by atoms with Crippen molar-refractivity contribution >= 4 is 26.8 Å². The van der Waals surface area contributed by atoms with Gasteiger partial charge in [0.05, 0.1) is 11.8 Å². The van der Waals surface area contributed by atoms with E-state index in [2.05, 4.69) is 4.98 Å². The quantitative estimate of drug-likeness (QED) is 0.732. The van der Waals surface area contributed by atoms with E-state index in [9.17, 15) is 26.4 Å². The van der Waals surface area contributed by atoms with Gasteiger partial charge in [0, 0.05) is 17.6 Å². The number of pyridine rings is 1. The van der Waals surface area contributed by atoms with Gasteiger partial charge in [-0.1, -0.05) is 6.07 Å². The first-order valence-electron chi connectivity index (χ1n) is 7.38. The molecule has 1 heterocycles. The summed E-state index contributed by atoms with van der Waals surface area (Å²) >= 11 is 0. The van der Waals surface area contributed by atoms with Crippen molar-refractivity contribution in [3.05, 3.63) is 65.6 Å². The summed E-state index contributed by atoms with van der Waals surface area (Å²) in [4.78, 5) is 15.7. The van der Waals surface area contributed by atoms with Gasteiger partial charge in [0.1, 0.15) is 11.3 Å². The minimum atomic E-state index is -3.97. The number of sulfonamides is 1. The average Bonchev–Trinajstić information content (AvgIpc) is 2.58. The molecule has 0 aliphatic rings. The molecule has 3 rings (SSSR count). The van der Waals surface area contributed by atoms with E-state index in [-0.39, 0.29) is 5.52 Å². The largest absolute Gasteiger partial charge is 0.449 e. The van der Waals surface area contributed by atoms with Crippen molar-refractivity contribution in [2.45, 2.75) is 0 Å². The third-order valence-corrected chi connectivity index (χ3v) is 3.99. The van der Waals surface area contributed by atoms with E-state index in [1.54, 1.807) is 12.1 Å². The van der Waals surface area contributed by atoms with Crippen LogP contribution in [0.25, 0.3) is 10.9 Å². The fourth-order valence-electron chi connectivity index (χ4n) is 2.30. The molecule has 0 spiro atoms. The number of fused-ring (bicyclic) bond motifs is 1. The van der Waals surface area contributed by atoms with Crippen LogP contribution in [0.2, 0.25) is 0 Å². The Morgan fingerprint density at radius 3 is 2.52 bits per heavy atom. The first-order chi connectivity index (χ1) is 12.7. The molecule has 3 aromatic rings. The lowest BCUT2D eigenvalue weighted by molar-refractivity contribution is 0.0977. The Bertz CT molecular complexity index is 1170. The van der Waals surface area contributed by atoms with Crippen LogP contribution < -0.4 is 9.46 Å². The van der Waals surface area contributed by atoms with E-state index < -0.39 is 50.4 Å². The van der Waals surface area contributed by atoms with Crippen LogP contribution in [0.15, 0.2) is 42.6 Å². The van der Waals surface area contributed by atoms with Crippen molar-refractivity contribution in [1.82, 2.24) is 9.71 Å². The monoisotopic (exact) mass is 396 g/mol. The Morgan fingerprint density at radius 1 is 1.07 bits per heavy atom. The van der Waals surface area contributed by atoms with Crippen LogP contribution in [-0.4, -0.2) is 25.6 Å². The first kappa shape index (κ1) is 18.6. The summed E-state index contributed by atoms with van der Waals surface area (Å²) in [5.41, 5.74) is -0.752. The van der Waals surface area contributed by atoms with Gasteiger partial charge in [0.2, 0.25) is 10.0 Å². The second-order valence-electron chi connectivity index (χ2n) is 5.52. The SMILES string of the molecule is CS(=O)(=O)NC(=O)c1cc(F)c(Oc2c(F)ccc3cccnc23)cc1F. The number of ether oxygens (including phenoxy) is 1. The number of rotatable bonds is 4. The molecule has 0 unspecified atom stereocenters. The van der Waals surface area contributed by atoms with Gasteiger partial charge in [0.25, 0.3) is 5.91 Å². The highest BCUT2D eigenvalue weighted by molar-refractivity contribution is 7.89. The normalized spacial score (nSPS) is 11.4. The average molecular weight is 396 g/mol. The van der Waals surface area contributed by atoms with E-state index in [4.69, 9.17) is 4.74 Å². The molecule has 27 heavy (non-hydrogen) atoms. The van der Waals surface area contributed by atoms with Gasteiger partial charge in [-0.2, -0.15) is 0 Å². The zero-order chi connectivity index (χ0) is 19.8. The lowest BCUT2D eigenvalue weighted by Gasteiger charge is -2.12. The molecule has 140 valence electrons. The van der Waals surface area contributed by atoms with Gasteiger partial charge in [-0.05, 0) is 24.3 Å². The predicted octanol–water partition coefficient (Wildman–Crippen LogP) is 3.13. The third-order valence-electron chi connectivity index (χ3n) is 3.44. The highest BCUT2D eigenvalue weighted by Crippen LogP contribution is 2.33. The highest BCUT2D eigenvalue weighted by Gasteiger charge is 2.21. The maximum atomic E-state index is 14.3. The fraction of sp³-hybridized carbons (Fsp3) is 0.0588. The number of hydrogen-bond acceptors (Lipinski definition) is 5. The smallest absolute Gasteiger partial charge is 0.267 e. The lowest BCUT2D eigenvalue weighted by Crippen LogP contribution is -2.30. The molecule has 0 fully saturated rings. The molecule has 10 heteroatoms. The molecular formula is C17H11F3N2O4S. The zero-order valence-corrected chi connectivity index (χ0v) is 14.5. The summed E-state index contributed by atoms with van der Waals surface area (Å²) in [5, 5.41) is 0.513. The predicted molar refractivity (Wildman–Crippen MR) is 90.4 cm³/mol. The van der Waals surface area contributed by atoms with E-state index in [0.29, 0.717) is 23.8 Å². The summed E-state index contributed by atoms with van der Waals surface area (Å²) in [5.74, 6) is -5.75. The zero-order valence-electron chi connectivity index (χ0n) is 13.7. The fourth-order valence-corrected chi connectivity index (χ4v) is 2.75. The highest BCUT2D eigenvalue weighted by atomic mass is 32.2. The molecule has 6 nitrogen and oxygen atoms in total. The van der Waals surface area contributed by atoms with Gasteiger partial charge in [-0.15, -0.1) is 0 Å². The van der Waals surface area contributed by atoms with E-state index >= 15 is 0 Å². The third kappa shape index (κ3) is 4.00. The Hall–Kier alpha value is -3.14. The number of nitrogens with zero attached hydrogens (tertiary/aromatic N) is 1. The van der Waals surface area contributed by atoms with Crippen LogP contribution in [0.3, 0.4) is 0 Å². The van der Waals surface area contributed by atoms with Gasteiger partial charge < -0.3 is 4.74 Å². The van der Waals surface area contributed by atoms with Crippen molar-refractivity contribution in [3.8, 4) is 11.5 Å². The molecular weight excluding hydrogens is 385 g/mol. The number of benzene rings is 2. The summed E-state index contributed by atoms with van der Waals surface area (Å²) in [6.07, 6.45) is 2.07. The number of halogens is 3. The van der Waals surface area contributed by atoms with Crippen LogP contribution in [0.4, 0.5) is 13.2 Å². The molecule has 0 aliphatic carbocycles. The van der Waals surface area contributed by atoms with Crippen molar-refractivity contribution in [1.29, 1.82) is 0 Å². The van der Waals surface area contributed by atoms with Crippen molar-refractivity contribution < 1.29 is 31.1 Å². The Labute approximate surface area is 151 Å². The van der Waals surface area contributed by atoms with E-state index in [1.165, 1.54) is 17.0 Å². The molecule has 1 N–H and O–H groups in total. The first-order valence-corrected chi connectivity index (χ1v) is 9.27. The van der Waals surface area contributed by atoms with Crippen LogP contribution in [0.1, 0.15) is 10.4 Å². The Kier molecular flexibility index (Phi) is 4.75. The second-order valence-corrected chi connectivity index (χ2v) is 7.27. The van der Waals surface area contributed by atoms with Gasteiger partial charge in [-0.3, -0.25) is 9.78 Å². The lowest BCUT2D eigenvalue weighted by atomic mass is 10.1. The van der Waals surface area contributed by atoms with Gasteiger partial charge >= 0.3 is 0 Å². The van der Waals surface area contributed by atoms with Crippen molar-refractivity contribution in [2.75, 3.05) is 6.26 Å². The minimum Gasteiger partial charge on any atom is -0.449 e. The number of aromatic nitrogens is 1. The molecule has 0 radical (unpaired) electrons. The van der Waals surface area contributed by atoms with E-state index in [0.717, 1.165) is 6.07 Å². The van der Waals surface area contributed by atoms with Crippen molar-refractivity contribution in [3.63, 3.8) is 0 Å². The number of nitrogens with one attached hydrogen (secondary N) is 1. The summed E-state index contributed by atoms with van der Waals surface area (Å²) in [6, 6.07) is 6.75. The molecule has 1 aromatic heterocycles. The van der Waals surface area contributed by atoms with Gasteiger partial charge in [0.15, 0.2) is 23.1 Å². The molecule has 0 atom stereocenters. The minimum absolute atomic E-state index is 0.0937. The number of amides is 1. The van der Waals surface area contributed by atoms with Crippen LogP contribution in [0, 0.1) is 17.5 Å². The topological polar surface area (TPSA) is 85.4 Å². The van der Waals surface area contributed by atoms with E-state index in [1.807, 2.05) is 0 Å². The molecule has 0 saturated heterocycles. The number of carbonyl (C=O) groups is 1. The summed E-state index contributed by atoms with van der Waals surface area (Å²) in [7, 11) is -3.97.